The van der Waals surface area contributed by atoms with E-state index in [0.29, 0.717) is 56.1 Å². The number of hydrogen-bond donors (Lipinski definition) is 2. The molecule has 3 amide bonds. The highest BCUT2D eigenvalue weighted by atomic mass is 32.1. The van der Waals surface area contributed by atoms with Crippen molar-refractivity contribution >= 4 is 34.3 Å². The molecule has 0 spiro atoms. The molecule has 0 radical (unpaired) electrons. The van der Waals surface area contributed by atoms with Gasteiger partial charge in [-0.1, -0.05) is 48.7 Å². The molecule has 3 heterocycles. The highest BCUT2D eigenvalue weighted by Crippen LogP contribution is 2.30. The summed E-state index contributed by atoms with van der Waals surface area (Å²) in [7, 11) is 0. The number of carbonyl (C=O) groups is 3. The number of likely N-dealkylation sites (tertiary alicyclic amines) is 1. The number of hydrogen-bond acceptors (Lipinski definition) is 7. The van der Waals surface area contributed by atoms with Crippen molar-refractivity contribution in [2.45, 2.75) is 58.0 Å². The zero-order valence-corrected chi connectivity index (χ0v) is 21.1. The molecule has 2 N–H and O–H groups in total. The predicted octanol–water partition coefficient (Wildman–Crippen LogP) is 3.09. The summed E-state index contributed by atoms with van der Waals surface area (Å²) in [6.45, 7) is 5.44. The molecule has 2 saturated heterocycles. The van der Waals surface area contributed by atoms with Crippen LogP contribution in [0.15, 0.2) is 30.3 Å². The van der Waals surface area contributed by atoms with Crippen LogP contribution in [0, 0.1) is 11.8 Å². The highest BCUT2D eigenvalue weighted by molar-refractivity contribution is 7.10. The van der Waals surface area contributed by atoms with Crippen molar-refractivity contribution in [3.63, 3.8) is 0 Å². The van der Waals surface area contributed by atoms with E-state index in [9.17, 15) is 14.4 Å². The second kappa shape index (κ2) is 11.7. The number of ether oxygens (including phenoxy) is 1. The summed E-state index contributed by atoms with van der Waals surface area (Å²) >= 11 is 1.12. The Morgan fingerprint density at radius 1 is 1.17 bits per heavy atom. The van der Waals surface area contributed by atoms with Gasteiger partial charge >= 0.3 is 0 Å². The first-order valence-corrected chi connectivity index (χ1v) is 13.1. The number of benzene rings is 1. The fourth-order valence-electron chi connectivity index (χ4n) is 4.65. The van der Waals surface area contributed by atoms with Crippen molar-refractivity contribution in [2.75, 3.05) is 25.1 Å². The number of rotatable bonds is 8. The average Bonchev–Trinajstić information content (AvgIpc) is 3.57. The monoisotopic (exact) mass is 499 g/mol. The fraction of sp³-hybridized carbons (Fsp3) is 0.560. The van der Waals surface area contributed by atoms with E-state index in [1.807, 2.05) is 44.2 Å². The van der Waals surface area contributed by atoms with Crippen molar-refractivity contribution in [3.05, 3.63) is 30.3 Å². The third kappa shape index (κ3) is 5.87. The minimum Gasteiger partial charge on any atom is -0.381 e. The van der Waals surface area contributed by atoms with Gasteiger partial charge in [-0.3, -0.25) is 14.4 Å². The van der Waals surface area contributed by atoms with Gasteiger partial charge in [0, 0.05) is 42.8 Å². The molecule has 10 heteroatoms. The van der Waals surface area contributed by atoms with E-state index >= 15 is 0 Å². The Bertz CT molecular complexity index is 1020. The summed E-state index contributed by atoms with van der Waals surface area (Å²) in [5.41, 5.74) is 1.48. The van der Waals surface area contributed by atoms with E-state index in [-0.39, 0.29) is 29.6 Å². The molecule has 0 bridgehead atoms. The van der Waals surface area contributed by atoms with Gasteiger partial charge in [0.1, 0.15) is 22.8 Å². The van der Waals surface area contributed by atoms with Gasteiger partial charge in [-0.2, -0.15) is 0 Å². The minimum atomic E-state index is -0.654. The summed E-state index contributed by atoms with van der Waals surface area (Å²) in [4.78, 5) is 41.5. The zero-order valence-electron chi connectivity index (χ0n) is 20.2. The molecule has 4 rings (SSSR count). The Labute approximate surface area is 209 Å². The quantitative estimate of drug-likeness (QED) is 0.577. The molecular weight excluding hydrogens is 466 g/mol. The van der Waals surface area contributed by atoms with Gasteiger partial charge in [-0.15, -0.1) is 5.10 Å². The van der Waals surface area contributed by atoms with Crippen LogP contribution >= 0.6 is 11.5 Å². The number of anilines is 1. The molecular formula is C25H33N5O4S. The van der Waals surface area contributed by atoms with Gasteiger partial charge in [0.15, 0.2) is 0 Å². The van der Waals surface area contributed by atoms with Gasteiger partial charge in [-0.05, 0) is 38.0 Å². The van der Waals surface area contributed by atoms with Crippen LogP contribution in [0.5, 0.6) is 0 Å². The zero-order chi connectivity index (χ0) is 24.8. The first kappa shape index (κ1) is 25.2. The van der Waals surface area contributed by atoms with Gasteiger partial charge in [0.05, 0.1) is 0 Å². The van der Waals surface area contributed by atoms with Crippen LogP contribution in [-0.2, 0) is 19.1 Å². The maximum absolute atomic E-state index is 13.8. The first-order chi connectivity index (χ1) is 17.0. The molecule has 188 valence electrons. The molecule has 0 saturated carbocycles. The van der Waals surface area contributed by atoms with E-state index in [0.717, 1.165) is 23.5 Å². The van der Waals surface area contributed by atoms with Crippen molar-refractivity contribution in [2.24, 2.45) is 11.8 Å². The molecule has 2 aliphatic rings. The lowest BCUT2D eigenvalue weighted by Crippen LogP contribution is -2.56. The SMILES string of the molecule is CC[C@@H](C)C(=O)N[C@H](C(=O)N1CCC[C@H]1C(=O)Nc1snnc1-c1ccccc1)C1CCOCC1. The predicted molar refractivity (Wildman–Crippen MR) is 134 cm³/mol. The van der Waals surface area contributed by atoms with Crippen molar-refractivity contribution < 1.29 is 19.1 Å². The summed E-state index contributed by atoms with van der Waals surface area (Å²) in [5.74, 6) is -0.752. The van der Waals surface area contributed by atoms with Crippen LogP contribution in [0.1, 0.15) is 46.0 Å². The van der Waals surface area contributed by atoms with Crippen LogP contribution in [0.4, 0.5) is 5.00 Å². The molecule has 2 aliphatic heterocycles. The number of aromatic nitrogens is 2. The maximum Gasteiger partial charge on any atom is 0.247 e. The normalized spacial score (nSPS) is 20.3. The van der Waals surface area contributed by atoms with Gasteiger partial charge < -0.3 is 20.3 Å². The van der Waals surface area contributed by atoms with Crippen molar-refractivity contribution in [1.29, 1.82) is 0 Å². The van der Waals surface area contributed by atoms with Crippen LogP contribution in [-0.4, -0.2) is 64.1 Å². The van der Waals surface area contributed by atoms with Crippen molar-refractivity contribution in [3.8, 4) is 11.3 Å². The number of nitrogens with zero attached hydrogens (tertiary/aromatic N) is 3. The van der Waals surface area contributed by atoms with E-state index in [2.05, 4.69) is 20.2 Å². The average molecular weight is 500 g/mol. The van der Waals surface area contributed by atoms with Crippen LogP contribution in [0.3, 0.4) is 0 Å². The molecule has 2 aromatic rings. The molecule has 9 nitrogen and oxygen atoms in total. The number of amides is 3. The van der Waals surface area contributed by atoms with Crippen molar-refractivity contribution in [1.82, 2.24) is 19.8 Å². The number of nitrogens with one attached hydrogen (secondary N) is 2. The molecule has 0 unspecified atom stereocenters. The number of carbonyl (C=O) groups excluding carboxylic acids is 3. The largest absolute Gasteiger partial charge is 0.381 e. The summed E-state index contributed by atoms with van der Waals surface area (Å²) < 4.78 is 9.50. The minimum absolute atomic E-state index is 0.0102. The third-order valence-electron chi connectivity index (χ3n) is 6.97. The lowest BCUT2D eigenvalue weighted by Gasteiger charge is -2.35. The molecule has 1 aromatic carbocycles. The standard InChI is InChI=1S/C25H33N5O4S/c1-3-16(2)22(31)26-21(18-11-14-34-15-12-18)25(33)30-13-7-10-19(30)23(32)27-24-20(28-29-35-24)17-8-5-4-6-9-17/h4-6,8-9,16,18-19,21H,3,7,10-15H2,1-2H3,(H,26,31)(H,27,32)/t16-,19+,21+/m1/s1. The van der Waals surface area contributed by atoms with E-state index in [1.165, 1.54) is 0 Å². The Morgan fingerprint density at radius 2 is 1.91 bits per heavy atom. The fourth-order valence-corrected chi connectivity index (χ4v) is 5.24. The molecule has 3 atom stereocenters. The van der Waals surface area contributed by atoms with Gasteiger partial charge in [-0.25, -0.2) is 0 Å². The lowest BCUT2D eigenvalue weighted by molar-refractivity contribution is -0.143. The van der Waals surface area contributed by atoms with Crippen LogP contribution in [0.25, 0.3) is 11.3 Å². The highest BCUT2D eigenvalue weighted by Gasteiger charge is 2.41. The maximum atomic E-state index is 13.8. The van der Waals surface area contributed by atoms with Crippen LogP contribution in [0.2, 0.25) is 0 Å². The Hall–Kier alpha value is -2.85. The van der Waals surface area contributed by atoms with E-state index < -0.39 is 12.1 Å². The van der Waals surface area contributed by atoms with Gasteiger partial charge in [0.25, 0.3) is 0 Å². The third-order valence-corrected chi connectivity index (χ3v) is 7.61. The Morgan fingerprint density at radius 3 is 2.63 bits per heavy atom. The smallest absolute Gasteiger partial charge is 0.247 e. The molecule has 35 heavy (non-hydrogen) atoms. The first-order valence-electron chi connectivity index (χ1n) is 12.4. The van der Waals surface area contributed by atoms with E-state index in [4.69, 9.17) is 4.74 Å². The summed E-state index contributed by atoms with van der Waals surface area (Å²) in [6.07, 6.45) is 3.41. The van der Waals surface area contributed by atoms with Crippen LogP contribution < -0.4 is 10.6 Å². The second-order valence-corrected chi connectivity index (χ2v) is 10.00. The molecule has 2 fully saturated rings. The lowest BCUT2D eigenvalue weighted by atomic mass is 9.90. The van der Waals surface area contributed by atoms with Gasteiger partial charge in [0.2, 0.25) is 17.7 Å². The Balaban J connectivity index is 1.50. The second-order valence-electron chi connectivity index (χ2n) is 9.24. The van der Waals surface area contributed by atoms with E-state index in [1.54, 1.807) is 4.90 Å². The Kier molecular flexibility index (Phi) is 8.46. The summed E-state index contributed by atoms with van der Waals surface area (Å²) in [5, 5.41) is 10.7. The topological polar surface area (TPSA) is 114 Å². The molecule has 1 aromatic heterocycles. The summed E-state index contributed by atoms with van der Waals surface area (Å²) in [6, 6.07) is 8.30. The molecule has 0 aliphatic carbocycles.